The van der Waals surface area contributed by atoms with E-state index in [1.807, 2.05) is 12.2 Å². The van der Waals surface area contributed by atoms with Crippen molar-refractivity contribution in [2.75, 3.05) is 13.2 Å². The highest BCUT2D eigenvalue weighted by atomic mass is 16.6. The first-order chi connectivity index (χ1) is 22.0. The summed E-state index contributed by atoms with van der Waals surface area (Å²) in [6, 6.07) is 0. The van der Waals surface area contributed by atoms with Gasteiger partial charge in [0.25, 0.3) is 0 Å². The van der Waals surface area contributed by atoms with E-state index in [0.717, 1.165) is 64.2 Å². The number of carbonyl (C=O) groups excluding carboxylic acids is 2. The maximum absolute atomic E-state index is 12.1. The lowest BCUT2D eigenvalue weighted by atomic mass is 10.0. The van der Waals surface area contributed by atoms with Crippen molar-refractivity contribution in [3.63, 3.8) is 0 Å². The molecule has 0 fully saturated rings. The summed E-state index contributed by atoms with van der Waals surface area (Å²) in [4.78, 5) is 24.1. The number of aliphatic hydroxyl groups excluding tert-OH is 2. The zero-order valence-corrected chi connectivity index (χ0v) is 29.0. The molecule has 0 saturated heterocycles. The second-order valence-corrected chi connectivity index (χ2v) is 12.1. The highest BCUT2D eigenvalue weighted by molar-refractivity contribution is 5.70. The molecule has 0 bridgehead atoms. The van der Waals surface area contributed by atoms with Crippen molar-refractivity contribution in [2.24, 2.45) is 0 Å². The van der Waals surface area contributed by atoms with Crippen molar-refractivity contribution in [3.05, 3.63) is 48.6 Å². The summed E-state index contributed by atoms with van der Waals surface area (Å²) in [7, 11) is 0. The van der Waals surface area contributed by atoms with Crippen LogP contribution in [-0.4, -0.2) is 47.6 Å². The monoisotopic (exact) mass is 633 g/mol. The highest BCUT2D eigenvalue weighted by Gasteiger charge is 2.15. The van der Waals surface area contributed by atoms with Gasteiger partial charge in [0.15, 0.2) is 6.10 Å². The lowest BCUT2D eigenvalue weighted by molar-refractivity contribution is -0.161. The molecule has 0 unspecified atom stereocenters. The van der Waals surface area contributed by atoms with E-state index in [1.165, 1.54) is 64.2 Å². The van der Waals surface area contributed by atoms with Gasteiger partial charge in [0.1, 0.15) is 6.61 Å². The third-order valence-corrected chi connectivity index (χ3v) is 7.70. The summed E-state index contributed by atoms with van der Waals surface area (Å²) < 4.78 is 10.5. The van der Waals surface area contributed by atoms with Crippen LogP contribution in [0, 0.1) is 0 Å². The Labute approximate surface area is 276 Å². The van der Waals surface area contributed by atoms with Gasteiger partial charge < -0.3 is 19.7 Å². The van der Waals surface area contributed by atoms with Crippen LogP contribution in [0.25, 0.3) is 0 Å². The summed E-state index contributed by atoms with van der Waals surface area (Å²) in [6.45, 7) is 3.92. The first-order valence-electron chi connectivity index (χ1n) is 18.3. The molecule has 0 aromatic carbocycles. The summed E-state index contributed by atoms with van der Waals surface area (Å²) in [6.07, 6.45) is 39.3. The second-order valence-electron chi connectivity index (χ2n) is 12.1. The van der Waals surface area contributed by atoms with E-state index in [-0.39, 0.29) is 37.7 Å². The molecule has 0 radical (unpaired) electrons. The highest BCUT2D eigenvalue weighted by Crippen LogP contribution is 2.13. The minimum absolute atomic E-state index is 0.0974. The Hall–Kier alpha value is -2.18. The number of rotatable bonds is 32. The summed E-state index contributed by atoms with van der Waals surface area (Å²) >= 11 is 0. The molecule has 0 aliphatic heterocycles. The number of esters is 2. The molecular weight excluding hydrogens is 564 g/mol. The zero-order chi connectivity index (χ0) is 33.1. The Morgan fingerprint density at radius 2 is 1.09 bits per heavy atom. The molecule has 0 aromatic heterocycles. The number of ether oxygens (including phenoxy) is 2. The van der Waals surface area contributed by atoms with Gasteiger partial charge in [0, 0.05) is 12.8 Å². The number of aliphatic hydroxyl groups is 2. The van der Waals surface area contributed by atoms with Crippen LogP contribution in [0.5, 0.6) is 0 Å². The van der Waals surface area contributed by atoms with Crippen LogP contribution in [0.2, 0.25) is 0 Å². The van der Waals surface area contributed by atoms with E-state index < -0.39 is 6.10 Å². The van der Waals surface area contributed by atoms with E-state index >= 15 is 0 Å². The van der Waals surface area contributed by atoms with Gasteiger partial charge in [0.05, 0.1) is 12.7 Å². The van der Waals surface area contributed by atoms with Crippen molar-refractivity contribution in [3.8, 4) is 0 Å². The molecule has 0 saturated carbocycles. The molecule has 2 atom stereocenters. The van der Waals surface area contributed by atoms with Crippen LogP contribution < -0.4 is 0 Å². The van der Waals surface area contributed by atoms with Crippen molar-refractivity contribution >= 4 is 11.9 Å². The van der Waals surface area contributed by atoms with E-state index in [9.17, 15) is 19.8 Å². The summed E-state index contributed by atoms with van der Waals surface area (Å²) in [5.74, 6) is -0.680. The van der Waals surface area contributed by atoms with Crippen molar-refractivity contribution in [1.29, 1.82) is 0 Å². The Kier molecular flexibility index (Phi) is 33.0. The third kappa shape index (κ3) is 33.0. The van der Waals surface area contributed by atoms with Gasteiger partial charge in [-0.3, -0.25) is 9.59 Å². The van der Waals surface area contributed by atoms with Crippen LogP contribution >= 0.6 is 0 Å². The molecule has 0 rings (SSSR count). The van der Waals surface area contributed by atoms with Crippen molar-refractivity contribution in [1.82, 2.24) is 0 Å². The van der Waals surface area contributed by atoms with Gasteiger partial charge >= 0.3 is 11.9 Å². The molecule has 45 heavy (non-hydrogen) atoms. The fraction of sp³-hybridized carbons (Fsp3) is 0.744. The number of carbonyl (C=O) groups is 2. The van der Waals surface area contributed by atoms with Gasteiger partial charge in [-0.25, -0.2) is 0 Å². The van der Waals surface area contributed by atoms with E-state index in [0.29, 0.717) is 12.8 Å². The average Bonchev–Trinajstić information content (AvgIpc) is 3.04. The van der Waals surface area contributed by atoms with Crippen LogP contribution in [0.3, 0.4) is 0 Å². The Balaban J connectivity index is 3.72. The average molecular weight is 633 g/mol. The number of unbranched alkanes of at least 4 members (excludes halogenated alkanes) is 14. The Morgan fingerprint density at radius 3 is 1.64 bits per heavy atom. The summed E-state index contributed by atoms with van der Waals surface area (Å²) in [5, 5.41) is 19.3. The van der Waals surface area contributed by atoms with Gasteiger partial charge in [-0.1, -0.05) is 152 Å². The molecular formula is C39H68O6. The minimum Gasteiger partial charge on any atom is -0.462 e. The second kappa shape index (κ2) is 34.7. The van der Waals surface area contributed by atoms with Crippen LogP contribution in [0.4, 0.5) is 0 Å². The molecule has 0 spiro atoms. The Bertz CT molecular complexity index is 784. The molecule has 6 nitrogen and oxygen atoms in total. The van der Waals surface area contributed by atoms with Crippen LogP contribution in [0.1, 0.15) is 162 Å². The normalized spacial score (nSPS) is 13.4. The first kappa shape index (κ1) is 42.8. The fourth-order valence-electron chi connectivity index (χ4n) is 4.86. The minimum atomic E-state index is -0.809. The number of hydrogen-bond donors (Lipinski definition) is 2. The fourth-order valence-corrected chi connectivity index (χ4v) is 4.86. The lowest BCUT2D eigenvalue weighted by Gasteiger charge is -2.15. The predicted octanol–water partition coefficient (Wildman–Crippen LogP) is 10.0. The lowest BCUT2D eigenvalue weighted by Crippen LogP contribution is -2.28. The predicted molar refractivity (Wildman–Crippen MR) is 188 cm³/mol. The van der Waals surface area contributed by atoms with Gasteiger partial charge in [-0.2, -0.15) is 0 Å². The smallest absolute Gasteiger partial charge is 0.306 e. The largest absolute Gasteiger partial charge is 0.462 e. The first-order valence-corrected chi connectivity index (χ1v) is 18.3. The van der Waals surface area contributed by atoms with E-state index in [1.54, 1.807) is 0 Å². The molecule has 260 valence electrons. The number of hydrogen-bond acceptors (Lipinski definition) is 6. The van der Waals surface area contributed by atoms with E-state index in [2.05, 4.69) is 50.3 Å². The molecule has 0 aliphatic carbocycles. The SMILES string of the molecule is CCCCCCCCCCCCCCCC(=O)OC[C@H](CO)OC(=O)CCC/C=C\C/C=C\C/C=C\C/C=C\[C@H](O)CCCC. The van der Waals surface area contributed by atoms with Gasteiger partial charge in [-0.05, 0) is 44.9 Å². The molecule has 2 N–H and O–H groups in total. The van der Waals surface area contributed by atoms with Crippen LogP contribution in [0.15, 0.2) is 48.6 Å². The summed E-state index contributed by atoms with van der Waals surface area (Å²) in [5.41, 5.74) is 0. The standard InChI is InChI=1S/C39H68O6/c1-3-5-7-8-9-10-11-12-16-19-22-25-28-32-38(42)44-35-37(34-40)45-39(43)33-29-26-23-20-17-14-13-15-18-21-24-27-31-36(41)30-6-4-2/h13-14,18,20-21,23,27,31,36-37,40-41H,3-12,15-17,19,22,24-26,28-30,32-35H2,1-2H3/b14-13-,21-18-,23-20-,31-27-/t36-,37+/m1/s1. The molecule has 0 aliphatic rings. The zero-order valence-electron chi connectivity index (χ0n) is 29.0. The molecule has 0 amide bonds. The van der Waals surface area contributed by atoms with Gasteiger partial charge in [0.2, 0.25) is 0 Å². The van der Waals surface area contributed by atoms with Crippen LogP contribution in [-0.2, 0) is 19.1 Å². The molecule has 0 heterocycles. The molecule has 0 aromatic rings. The van der Waals surface area contributed by atoms with Crippen molar-refractivity contribution < 1.29 is 29.3 Å². The van der Waals surface area contributed by atoms with Gasteiger partial charge in [-0.15, -0.1) is 0 Å². The third-order valence-electron chi connectivity index (χ3n) is 7.70. The quantitative estimate of drug-likeness (QED) is 0.0435. The van der Waals surface area contributed by atoms with E-state index in [4.69, 9.17) is 9.47 Å². The topological polar surface area (TPSA) is 93.1 Å². The van der Waals surface area contributed by atoms with Crippen molar-refractivity contribution in [2.45, 2.75) is 174 Å². The molecule has 6 heteroatoms. The number of allylic oxidation sites excluding steroid dienone is 7. The maximum Gasteiger partial charge on any atom is 0.306 e. The Morgan fingerprint density at radius 1 is 0.600 bits per heavy atom. The maximum atomic E-state index is 12.1.